The smallest absolute Gasteiger partial charge is 0.236 e. The summed E-state index contributed by atoms with van der Waals surface area (Å²) in [6.07, 6.45) is 1.09. The summed E-state index contributed by atoms with van der Waals surface area (Å²) in [5.41, 5.74) is 8.28. The predicted octanol–water partition coefficient (Wildman–Crippen LogP) is -1.32. The van der Waals surface area contributed by atoms with Crippen molar-refractivity contribution in [1.82, 2.24) is 10.4 Å². The first-order valence-corrected chi connectivity index (χ1v) is 3.58. The van der Waals surface area contributed by atoms with E-state index in [1.165, 1.54) is 0 Å². The van der Waals surface area contributed by atoms with Gasteiger partial charge in [0, 0.05) is 19.0 Å². The molecule has 56 valence electrons. The van der Waals surface area contributed by atoms with Crippen LogP contribution in [0.5, 0.6) is 0 Å². The Hall–Kier alpha value is -0.610. The van der Waals surface area contributed by atoms with Gasteiger partial charge in [-0.2, -0.15) is 0 Å². The Kier molecular flexibility index (Phi) is 1.18. The third kappa shape index (κ3) is 0.660. The van der Waals surface area contributed by atoms with Gasteiger partial charge >= 0.3 is 0 Å². The van der Waals surface area contributed by atoms with Crippen LogP contribution in [-0.4, -0.2) is 30.0 Å². The van der Waals surface area contributed by atoms with Gasteiger partial charge in [-0.3, -0.25) is 10.2 Å². The lowest BCUT2D eigenvalue weighted by Gasteiger charge is -2.50. The van der Waals surface area contributed by atoms with Crippen molar-refractivity contribution in [3.8, 4) is 0 Å². The van der Waals surface area contributed by atoms with Gasteiger partial charge in [-0.05, 0) is 6.42 Å². The van der Waals surface area contributed by atoms with Crippen molar-refractivity contribution in [3.05, 3.63) is 0 Å². The second-order valence-corrected chi connectivity index (χ2v) is 2.96. The maximum Gasteiger partial charge on any atom is 0.236 e. The molecule has 3 aliphatic heterocycles. The third-order valence-corrected chi connectivity index (χ3v) is 2.34. The van der Waals surface area contributed by atoms with Crippen molar-refractivity contribution < 1.29 is 4.79 Å². The Morgan fingerprint density at radius 3 is 2.80 bits per heavy atom. The highest BCUT2D eigenvalue weighted by Crippen LogP contribution is 2.28. The Morgan fingerprint density at radius 2 is 2.50 bits per heavy atom. The minimum absolute atomic E-state index is 0.0197. The molecule has 0 aromatic rings. The summed E-state index contributed by atoms with van der Waals surface area (Å²) in [6.45, 7) is 1.99. The number of carbonyl (C=O) groups is 1. The van der Waals surface area contributed by atoms with Crippen molar-refractivity contribution in [2.75, 3.05) is 13.1 Å². The number of nitrogens with two attached hydrogens (primary N) is 1. The number of primary amides is 1. The van der Waals surface area contributed by atoms with Gasteiger partial charge in [0.1, 0.15) is 6.04 Å². The van der Waals surface area contributed by atoms with E-state index in [4.69, 9.17) is 5.73 Å². The summed E-state index contributed by atoms with van der Waals surface area (Å²) in [7, 11) is 0. The molecule has 0 aromatic carbocycles. The first kappa shape index (κ1) is 6.12. The van der Waals surface area contributed by atoms with Crippen LogP contribution >= 0.6 is 0 Å². The maximum atomic E-state index is 10.7. The molecular formula is C6H11N3O. The molecule has 1 amide bonds. The maximum absolute atomic E-state index is 10.7. The summed E-state index contributed by atoms with van der Waals surface area (Å²) in [6, 6.07) is -0.0197. The van der Waals surface area contributed by atoms with Crippen LogP contribution in [0.25, 0.3) is 0 Å². The summed E-state index contributed by atoms with van der Waals surface area (Å²) in [5.74, 6) is 0.335. The summed E-state index contributed by atoms with van der Waals surface area (Å²) in [5, 5.41) is 1.93. The summed E-state index contributed by atoms with van der Waals surface area (Å²) < 4.78 is 0. The number of fused-ring (bicyclic) bond motifs is 2. The lowest BCUT2D eigenvalue weighted by molar-refractivity contribution is -0.143. The molecule has 4 heteroatoms. The van der Waals surface area contributed by atoms with E-state index >= 15 is 0 Å². The number of nitrogens with zero attached hydrogens (tertiary/aromatic N) is 1. The Labute approximate surface area is 59.3 Å². The van der Waals surface area contributed by atoms with Crippen LogP contribution in [0.1, 0.15) is 6.42 Å². The minimum atomic E-state index is -0.191. The molecule has 0 spiro atoms. The number of hydrogen-bond acceptors (Lipinski definition) is 3. The van der Waals surface area contributed by atoms with Gasteiger partial charge in [-0.15, -0.1) is 0 Å². The Balaban J connectivity index is 2.06. The number of hydrogen-bond donors (Lipinski definition) is 2. The van der Waals surface area contributed by atoms with E-state index in [0.717, 1.165) is 19.5 Å². The number of amides is 1. The molecule has 3 atom stereocenters. The molecule has 0 aliphatic carbocycles. The van der Waals surface area contributed by atoms with E-state index in [1.54, 1.807) is 0 Å². The van der Waals surface area contributed by atoms with Crippen LogP contribution in [0.4, 0.5) is 0 Å². The zero-order valence-electron chi connectivity index (χ0n) is 5.71. The van der Waals surface area contributed by atoms with E-state index < -0.39 is 0 Å². The second-order valence-electron chi connectivity index (χ2n) is 2.96. The van der Waals surface area contributed by atoms with Crippen LogP contribution in [0, 0.1) is 5.92 Å². The van der Waals surface area contributed by atoms with Gasteiger partial charge in [0.2, 0.25) is 5.91 Å². The van der Waals surface area contributed by atoms with Gasteiger partial charge in [-0.25, -0.2) is 5.01 Å². The molecule has 3 unspecified atom stereocenters. The fourth-order valence-electron chi connectivity index (χ4n) is 1.77. The average Bonchev–Trinajstić information content (AvgIpc) is 1.87. The van der Waals surface area contributed by atoms with Gasteiger partial charge in [0.25, 0.3) is 0 Å². The van der Waals surface area contributed by atoms with Gasteiger partial charge < -0.3 is 5.73 Å². The summed E-state index contributed by atoms with van der Waals surface area (Å²) >= 11 is 0. The highest BCUT2D eigenvalue weighted by Gasteiger charge is 2.45. The first-order chi connectivity index (χ1) is 4.79. The SMILES string of the molecule is NC(=O)C1C2CCNN1C2. The lowest BCUT2D eigenvalue weighted by atomic mass is 9.85. The highest BCUT2D eigenvalue weighted by molar-refractivity contribution is 5.81. The van der Waals surface area contributed by atoms with E-state index in [0.29, 0.717) is 5.92 Å². The highest BCUT2D eigenvalue weighted by atomic mass is 16.1. The molecular weight excluding hydrogens is 130 g/mol. The van der Waals surface area contributed by atoms with Crippen LogP contribution in [-0.2, 0) is 4.79 Å². The minimum Gasteiger partial charge on any atom is -0.368 e. The Morgan fingerprint density at radius 1 is 1.70 bits per heavy atom. The molecule has 10 heavy (non-hydrogen) atoms. The molecule has 0 saturated carbocycles. The number of nitrogens with one attached hydrogen (secondary N) is 1. The van der Waals surface area contributed by atoms with E-state index in [9.17, 15) is 4.79 Å². The van der Waals surface area contributed by atoms with Gasteiger partial charge in [0.05, 0.1) is 0 Å². The third-order valence-electron chi connectivity index (χ3n) is 2.34. The molecule has 3 saturated heterocycles. The quantitative estimate of drug-likeness (QED) is 0.476. The molecule has 0 aromatic heterocycles. The largest absolute Gasteiger partial charge is 0.368 e. The summed E-state index contributed by atoms with van der Waals surface area (Å²) in [4.78, 5) is 10.7. The van der Waals surface area contributed by atoms with E-state index in [1.807, 2.05) is 5.01 Å². The van der Waals surface area contributed by atoms with Gasteiger partial charge in [-0.1, -0.05) is 0 Å². The first-order valence-electron chi connectivity index (χ1n) is 3.58. The monoisotopic (exact) mass is 141 g/mol. The molecule has 3 fully saturated rings. The molecule has 0 radical (unpaired) electrons. The number of hydrazine groups is 1. The Bertz CT molecular complexity index is 156. The molecule has 4 nitrogen and oxygen atoms in total. The van der Waals surface area contributed by atoms with Crippen molar-refractivity contribution >= 4 is 5.91 Å². The second kappa shape index (κ2) is 1.93. The van der Waals surface area contributed by atoms with Crippen molar-refractivity contribution in [2.45, 2.75) is 12.5 Å². The molecule has 3 rings (SSSR count). The van der Waals surface area contributed by atoms with E-state index in [2.05, 4.69) is 5.43 Å². The zero-order chi connectivity index (χ0) is 7.14. The zero-order valence-corrected chi connectivity index (χ0v) is 5.71. The molecule has 3 heterocycles. The normalized spacial score (nSPS) is 44.2. The molecule has 3 N–H and O–H groups in total. The van der Waals surface area contributed by atoms with Gasteiger partial charge in [0.15, 0.2) is 0 Å². The number of rotatable bonds is 1. The molecule has 2 bridgehead atoms. The van der Waals surface area contributed by atoms with Crippen LogP contribution < -0.4 is 11.2 Å². The lowest BCUT2D eigenvalue weighted by Crippen LogP contribution is -2.70. The van der Waals surface area contributed by atoms with Crippen molar-refractivity contribution in [3.63, 3.8) is 0 Å². The predicted molar refractivity (Wildman–Crippen MR) is 35.8 cm³/mol. The van der Waals surface area contributed by atoms with Crippen molar-refractivity contribution in [2.24, 2.45) is 11.7 Å². The standard InChI is InChI=1S/C6H11N3O/c7-6(10)5-4-1-2-8-9(5)3-4/h4-5,8H,1-3H2,(H2,7,10). The fourth-order valence-corrected chi connectivity index (χ4v) is 1.77. The molecule has 3 aliphatic rings. The fraction of sp³-hybridized carbons (Fsp3) is 0.833. The van der Waals surface area contributed by atoms with E-state index in [-0.39, 0.29) is 11.9 Å². The van der Waals surface area contributed by atoms with Crippen molar-refractivity contribution in [1.29, 1.82) is 0 Å². The van der Waals surface area contributed by atoms with Crippen LogP contribution in [0.2, 0.25) is 0 Å². The topological polar surface area (TPSA) is 58.4 Å². The average molecular weight is 141 g/mol. The number of carbonyl (C=O) groups excluding carboxylic acids is 1. The van der Waals surface area contributed by atoms with Crippen LogP contribution in [0.15, 0.2) is 0 Å². The van der Waals surface area contributed by atoms with Crippen LogP contribution in [0.3, 0.4) is 0 Å².